The van der Waals surface area contributed by atoms with Crippen molar-refractivity contribution in [3.05, 3.63) is 0 Å². The third-order valence-electron chi connectivity index (χ3n) is 3.96. The second kappa shape index (κ2) is 13.7. The predicted molar refractivity (Wildman–Crippen MR) is 91.1 cm³/mol. The monoisotopic (exact) mass is 302 g/mol. The SMILES string of the molecule is CCCCC(CC)COC(=S)OCC(CC)CCCC. The van der Waals surface area contributed by atoms with Crippen LogP contribution in [0.15, 0.2) is 0 Å². The molecule has 0 spiro atoms. The van der Waals surface area contributed by atoms with E-state index >= 15 is 0 Å². The smallest absolute Gasteiger partial charge is 0.352 e. The zero-order chi connectivity index (χ0) is 15.2. The average molecular weight is 303 g/mol. The van der Waals surface area contributed by atoms with E-state index in [1.807, 2.05) is 0 Å². The van der Waals surface area contributed by atoms with Gasteiger partial charge in [0.25, 0.3) is 0 Å². The quantitative estimate of drug-likeness (QED) is 0.428. The lowest BCUT2D eigenvalue weighted by Crippen LogP contribution is -2.18. The summed E-state index contributed by atoms with van der Waals surface area (Å²) in [5.41, 5.74) is 0. The van der Waals surface area contributed by atoms with Gasteiger partial charge in [-0.15, -0.1) is 0 Å². The molecule has 0 fully saturated rings. The van der Waals surface area contributed by atoms with E-state index in [1.165, 1.54) is 38.5 Å². The van der Waals surface area contributed by atoms with Crippen molar-refractivity contribution in [1.82, 2.24) is 0 Å². The van der Waals surface area contributed by atoms with Gasteiger partial charge in [0.05, 0.1) is 13.2 Å². The minimum Gasteiger partial charge on any atom is -0.457 e. The Bertz CT molecular complexity index is 209. The zero-order valence-electron chi connectivity index (χ0n) is 14.0. The molecule has 0 aromatic heterocycles. The Labute approximate surface area is 131 Å². The molecule has 0 aliphatic heterocycles. The number of ether oxygens (including phenoxy) is 2. The Hall–Kier alpha value is -0.310. The number of unbranched alkanes of at least 4 members (excludes halogenated alkanes) is 2. The summed E-state index contributed by atoms with van der Waals surface area (Å²) in [6.07, 6.45) is 9.77. The van der Waals surface area contributed by atoms with Gasteiger partial charge < -0.3 is 9.47 Å². The van der Waals surface area contributed by atoms with Crippen LogP contribution in [0.3, 0.4) is 0 Å². The van der Waals surface area contributed by atoms with Crippen LogP contribution in [0.25, 0.3) is 0 Å². The first kappa shape index (κ1) is 19.7. The molecule has 2 atom stereocenters. The number of hydrogen-bond acceptors (Lipinski definition) is 3. The first-order chi connectivity index (χ1) is 9.67. The molecule has 0 saturated carbocycles. The molecule has 0 aliphatic rings. The topological polar surface area (TPSA) is 18.5 Å². The maximum Gasteiger partial charge on any atom is 0.352 e. The highest BCUT2D eigenvalue weighted by molar-refractivity contribution is 7.79. The first-order valence-electron chi connectivity index (χ1n) is 8.47. The van der Waals surface area contributed by atoms with Crippen LogP contribution >= 0.6 is 12.2 Å². The van der Waals surface area contributed by atoms with E-state index < -0.39 is 0 Å². The molecule has 0 rings (SSSR count). The van der Waals surface area contributed by atoms with Crippen molar-refractivity contribution in [2.75, 3.05) is 13.2 Å². The molecule has 0 N–H and O–H groups in total. The van der Waals surface area contributed by atoms with Crippen LogP contribution in [-0.2, 0) is 9.47 Å². The highest BCUT2D eigenvalue weighted by atomic mass is 32.1. The Balaban J connectivity index is 3.80. The van der Waals surface area contributed by atoms with Crippen molar-refractivity contribution in [2.24, 2.45) is 11.8 Å². The van der Waals surface area contributed by atoms with Crippen LogP contribution in [0.5, 0.6) is 0 Å². The lowest BCUT2D eigenvalue weighted by molar-refractivity contribution is 0.125. The standard InChI is InChI=1S/C17H34O2S/c1-5-9-11-15(7-3)13-18-17(20)19-14-16(8-4)12-10-6-2/h15-16H,5-14H2,1-4H3. The van der Waals surface area contributed by atoms with Gasteiger partial charge in [0.15, 0.2) is 0 Å². The largest absolute Gasteiger partial charge is 0.457 e. The molecule has 20 heavy (non-hydrogen) atoms. The maximum atomic E-state index is 5.60. The molecule has 0 bridgehead atoms. The molecular weight excluding hydrogens is 268 g/mol. The Morgan fingerprint density at radius 1 is 0.800 bits per heavy atom. The highest BCUT2D eigenvalue weighted by Gasteiger charge is 2.11. The third-order valence-corrected chi connectivity index (χ3v) is 4.20. The molecule has 120 valence electrons. The van der Waals surface area contributed by atoms with E-state index in [0.717, 1.165) is 12.8 Å². The Morgan fingerprint density at radius 3 is 1.50 bits per heavy atom. The summed E-state index contributed by atoms with van der Waals surface area (Å²) < 4.78 is 11.2. The van der Waals surface area contributed by atoms with Gasteiger partial charge in [-0.25, -0.2) is 0 Å². The second-order valence-electron chi connectivity index (χ2n) is 5.71. The molecule has 0 saturated heterocycles. The summed E-state index contributed by atoms with van der Waals surface area (Å²) in [6, 6.07) is 0. The Morgan fingerprint density at radius 2 is 1.20 bits per heavy atom. The van der Waals surface area contributed by atoms with Gasteiger partial charge in [0, 0.05) is 12.2 Å². The van der Waals surface area contributed by atoms with E-state index in [0.29, 0.717) is 30.3 Å². The number of rotatable bonds is 12. The second-order valence-corrected chi connectivity index (χ2v) is 6.04. The Kier molecular flexibility index (Phi) is 13.5. The van der Waals surface area contributed by atoms with Gasteiger partial charge in [0.1, 0.15) is 0 Å². The highest BCUT2D eigenvalue weighted by Crippen LogP contribution is 2.15. The van der Waals surface area contributed by atoms with E-state index in [9.17, 15) is 0 Å². The molecule has 3 heteroatoms. The van der Waals surface area contributed by atoms with Gasteiger partial charge in [-0.3, -0.25) is 0 Å². The molecule has 0 aromatic carbocycles. The van der Waals surface area contributed by atoms with E-state index in [1.54, 1.807) is 0 Å². The van der Waals surface area contributed by atoms with Crippen LogP contribution < -0.4 is 0 Å². The summed E-state index contributed by atoms with van der Waals surface area (Å²) in [7, 11) is 0. The first-order valence-corrected chi connectivity index (χ1v) is 8.88. The zero-order valence-corrected chi connectivity index (χ0v) is 14.8. The van der Waals surface area contributed by atoms with E-state index in [4.69, 9.17) is 21.7 Å². The third kappa shape index (κ3) is 10.5. The number of thiocarbonyl (C=S) groups is 1. The normalized spacial score (nSPS) is 13.8. The fraction of sp³-hybridized carbons (Fsp3) is 0.941. The molecular formula is C17H34O2S. The van der Waals surface area contributed by atoms with Crippen molar-refractivity contribution in [3.8, 4) is 0 Å². The van der Waals surface area contributed by atoms with Crippen molar-refractivity contribution in [3.63, 3.8) is 0 Å². The van der Waals surface area contributed by atoms with Crippen molar-refractivity contribution in [2.45, 2.75) is 79.1 Å². The summed E-state index contributed by atoms with van der Waals surface area (Å²) in [5, 5.41) is 0.342. The van der Waals surface area contributed by atoms with Crippen molar-refractivity contribution >= 4 is 17.5 Å². The average Bonchev–Trinajstić information content (AvgIpc) is 2.47. The molecule has 0 aromatic rings. The summed E-state index contributed by atoms with van der Waals surface area (Å²) in [6.45, 7) is 10.3. The van der Waals surface area contributed by atoms with Crippen LogP contribution in [0.4, 0.5) is 0 Å². The van der Waals surface area contributed by atoms with Crippen molar-refractivity contribution in [1.29, 1.82) is 0 Å². The van der Waals surface area contributed by atoms with Crippen molar-refractivity contribution < 1.29 is 9.47 Å². The number of hydrogen-bond donors (Lipinski definition) is 0. The molecule has 2 unspecified atom stereocenters. The minimum atomic E-state index is 0.342. The van der Waals surface area contributed by atoms with Crippen LogP contribution in [0.1, 0.15) is 79.1 Å². The van der Waals surface area contributed by atoms with E-state index in [2.05, 4.69) is 27.7 Å². The van der Waals surface area contributed by atoms with Crippen LogP contribution in [0, 0.1) is 11.8 Å². The van der Waals surface area contributed by atoms with Gasteiger partial charge >= 0.3 is 5.24 Å². The van der Waals surface area contributed by atoms with Crippen LogP contribution in [0.2, 0.25) is 0 Å². The lowest BCUT2D eigenvalue weighted by Gasteiger charge is -2.18. The van der Waals surface area contributed by atoms with Gasteiger partial charge in [0.2, 0.25) is 0 Å². The molecule has 0 amide bonds. The summed E-state index contributed by atoms with van der Waals surface area (Å²) in [5.74, 6) is 1.22. The van der Waals surface area contributed by atoms with Gasteiger partial charge in [-0.05, 0) is 24.7 Å². The van der Waals surface area contributed by atoms with Gasteiger partial charge in [-0.2, -0.15) is 0 Å². The molecule has 0 aliphatic carbocycles. The lowest BCUT2D eigenvalue weighted by atomic mass is 10.0. The van der Waals surface area contributed by atoms with E-state index in [-0.39, 0.29) is 0 Å². The van der Waals surface area contributed by atoms with Crippen LogP contribution in [-0.4, -0.2) is 18.5 Å². The minimum absolute atomic E-state index is 0.342. The maximum absolute atomic E-state index is 5.60. The summed E-state index contributed by atoms with van der Waals surface area (Å²) >= 11 is 5.17. The summed E-state index contributed by atoms with van der Waals surface area (Å²) in [4.78, 5) is 0. The van der Waals surface area contributed by atoms with Gasteiger partial charge in [-0.1, -0.05) is 66.2 Å². The molecule has 0 heterocycles. The predicted octanol–water partition coefficient (Wildman–Crippen LogP) is 5.74. The molecule has 0 radical (unpaired) electrons. The molecule has 2 nitrogen and oxygen atoms in total. The fourth-order valence-corrected chi connectivity index (χ4v) is 2.35. The fourth-order valence-electron chi connectivity index (χ4n) is 2.21.